The zero-order valence-corrected chi connectivity index (χ0v) is 10.8. The molecule has 2 rings (SSSR count). The Bertz CT molecular complexity index is 373. The normalized spacial score (nSPS) is 20.9. The number of morpholine rings is 1. The van der Waals surface area contributed by atoms with Gasteiger partial charge in [-0.2, -0.15) is 0 Å². The van der Waals surface area contributed by atoms with Gasteiger partial charge in [-0.3, -0.25) is 9.88 Å². The van der Waals surface area contributed by atoms with Gasteiger partial charge in [-0.1, -0.05) is 0 Å². The Labute approximate surface area is 108 Å². The molecule has 1 fully saturated rings. The molecule has 1 aliphatic rings. The molecule has 0 aliphatic carbocycles. The molecule has 0 amide bonds. The molecule has 5 nitrogen and oxygen atoms in total. The fourth-order valence-corrected chi connectivity index (χ4v) is 2.15. The second kappa shape index (κ2) is 6.68. The Morgan fingerprint density at radius 1 is 1.61 bits per heavy atom. The lowest BCUT2D eigenvalue weighted by atomic mass is 10.2. The van der Waals surface area contributed by atoms with Crippen LogP contribution in [0.4, 0.5) is 5.69 Å². The van der Waals surface area contributed by atoms with E-state index >= 15 is 0 Å². The Balaban J connectivity index is 2.00. The van der Waals surface area contributed by atoms with Crippen LogP contribution in [-0.4, -0.2) is 53.9 Å². The van der Waals surface area contributed by atoms with Crippen molar-refractivity contribution in [3.63, 3.8) is 0 Å². The second-order valence-electron chi connectivity index (χ2n) is 4.45. The number of hydrogen-bond donors (Lipinski definition) is 2. The fraction of sp³-hybridized carbons (Fsp3) is 0.615. The number of anilines is 1. The molecule has 0 bridgehead atoms. The first-order valence-corrected chi connectivity index (χ1v) is 6.45. The average molecular weight is 251 g/mol. The number of aliphatic hydroxyl groups is 1. The number of nitrogens with one attached hydrogen (secondary N) is 1. The van der Waals surface area contributed by atoms with E-state index < -0.39 is 0 Å². The van der Waals surface area contributed by atoms with Crippen LogP contribution in [0.1, 0.15) is 12.6 Å². The number of aromatic nitrogens is 1. The van der Waals surface area contributed by atoms with Gasteiger partial charge in [0.15, 0.2) is 0 Å². The first-order valence-electron chi connectivity index (χ1n) is 6.45. The van der Waals surface area contributed by atoms with E-state index in [0.29, 0.717) is 6.61 Å². The van der Waals surface area contributed by atoms with E-state index in [2.05, 4.69) is 28.2 Å². The molecular weight excluding hydrogens is 230 g/mol. The Morgan fingerprint density at radius 2 is 2.50 bits per heavy atom. The minimum Gasteiger partial charge on any atom is -0.395 e. The molecule has 1 atom stereocenters. The van der Waals surface area contributed by atoms with Gasteiger partial charge in [-0.15, -0.1) is 0 Å². The van der Waals surface area contributed by atoms with Crippen LogP contribution >= 0.6 is 0 Å². The van der Waals surface area contributed by atoms with Crippen molar-refractivity contribution in [1.29, 1.82) is 0 Å². The minimum atomic E-state index is 0.0864. The molecule has 1 saturated heterocycles. The van der Waals surface area contributed by atoms with Gasteiger partial charge in [0.25, 0.3) is 0 Å². The van der Waals surface area contributed by atoms with E-state index in [-0.39, 0.29) is 12.6 Å². The predicted molar refractivity (Wildman–Crippen MR) is 70.5 cm³/mol. The van der Waals surface area contributed by atoms with Crippen molar-refractivity contribution in [2.24, 2.45) is 0 Å². The highest BCUT2D eigenvalue weighted by atomic mass is 16.5. The zero-order chi connectivity index (χ0) is 12.8. The largest absolute Gasteiger partial charge is 0.395 e. The second-order valence-corrected chi connectivity index (χ2v) is 4.45. The van der Waals surface area contributed by atoms with Gasteiger partial charge in [-0.25, -0.2) is 0 Å². The molecule has 5 heteroatoms. The number of ether oxygens (including phenoxy) is 1. The van der Waals surface area contributed by atoms with Gasteiger partial charge in [0.1, 0.15) is 0 Å². The first-order chi connectivity index (χ1) is 8.83. The molecule has 18 heavy (non-hydrogen) atoms. The highest BCUT2D eigenvalue weighted by molar-refractivity contribution is 5.42. The number of pyridine rings is 1. The molecular formula is C13H21N3O2. The summed E-state index contributed by atoms with van der Waals surface area (Å²) in [6, 6.07) is 4.12. The van der Waals surface area contributed by atoms with Crippen LogP contribution in [0.15, 0.2) is 18.3 Å². The Kier molecular flexibility index (Phi) is 4.92. The highest BCUT2D eigenvalue weighted by Crippen LogP contribution is 2.13. The van der Waals surface area contributed by atoms with Gasteiger partial charge in [0, 0.05) is 31.5 Å². The summed E-state index contributed by atoms with van der Waals surface area (Å²) in [4.78, 5) is 6.60. The standard InChI is InChI=1S/C13H21N3O2/c1-2-14-11-3-4-15-12(7-11)8-16-5-6-18-10-13(16)9-17/h3-4,7,13,17H,2,5-6,8-10H2,1H3,(H,14,15). The summed E-state index contributed by atoms with van der Waals surface area (Å²) in [5, 5.41) is 12.6. The minimum absolute atomic E-state index is 0.0864. The highest BCUT2D eigenvalue weighted by Gasteiger charge is 2.22. The SMILES string of the molecule is CCNc1ccnc(CN2CCOCC2CO)c1. The van der Waals surface area contributed by atoms with E-state index in [1.54, 1.807) is 0 Å². The summed E-state index contributed by atoms with van der Waals surface area (Å²) in [7, 11) is 0. The van der Waals surface area contributed by atoms with E-state index in [4.69, 9.17) is 4.74 Å². The number of hydrogen-bond acceptors (Lipinski definition) is 5. The van der Waals surface area contributed by atoms with Crippen molar-refractivity contribution in [2.75, 3.05) is 38.2 Å². The predicted octanol–water partition coefficient (Wildman–Crippen LogP) is 0.706. The molecule has 0 spiro atoms. The van der Waals surface area contributed by atoms with Crippen molar-refractivity contribution in [3.8, 4) is 0 Å². The number of rotatable bonds is 5. The van der Waals surface area contributed by atoms with Crippen molar-refractivity contribution < 1.29 is 9.84 Å². The van der Waals surface area contributed by atoms with Gasteiger partial charge < -0.3 is 15.2 Å². The van der Waals surface area contributed by atoms with E-state index in [1.807, 2.05) is 12.3 Å². The van der Waals surface area contributed by atoms with Gasteiger partial charge in [0.05, 0.1) is 31.6 Å². The quantitative estimate of drug-likeness (QED) is 0.807. The molecule has 0 aromatic carbocycles. The lowest BCUT2D eigenvalue weighted by molar-refractivity contribution is -0.0317. The van der Waals surface area contributed by atoms with Gasteiger partial charge in [-0.05, 0) is 19.1 Å². The van der Waals surface area contributed by atoms with E-state index in [1.165, 1.54) is 0 Å². The topological polar surface area (TPSA) is 57.6 Å². The van der Waals surface area contributed by atoms with E-state index in [9.17, 15) is 5.11 Å². The lowest BCUT2D eigenvalue weighted by Crippen LogP contribution is -2.46. The summed E-state index contributed by atoms with van der Waals surface area (Å²) in [5.74, 6) is 0. The van der Waals surface area contributed by atoms with Crippen molar-refractivity contribution in [1.82, 2.24) is 9.88 Å². The monoisotopic (exact) mass is 251 g/mol. The van der Waals surface area contributed by atoms with Crippen molar-refractivity contribution in [3.05, 3.63) is 24.0 Å². The molecule has 100 valence electrons. The molecule has 0 radical (unpaired) electrons. The van der Waals surface area contributed by atoms with Crippen LogP contribution < -0.4 is 5.32 Å². The average Bonchev–Trinajstić information content (AvgIpc) is 2.40. The lowest BCUT2D eigenvalue weighted by Gasteiger charge is -2.34. The van der Waals surface area contributed by atoms with Crippen LogP contribution in [0.3, 0.4) is 0 Å². The third kappa shape index (κ3) is 3.41. The number of aliphatic hydroxyl groups excluding tert-OH is 1. The summed E-state index contributed by atoms with van der Waals surface area (Å²) in [5.41, 5.74) is 2.12. The first kappa shape index (κ1) is 13.3. The third-order valence-electron chi connectivity index (χ3n) is 3.12. The molecule has 1 aromatic heterocycles. The molecule has 1 unspecified atom stereocenters. The summed E-state index contributed by atoms with van der Waals surface area (Å²) in [6.07, 6.45) is 1.82. The van der Waals surface area contributed by atoms with Gasteiger partial charge in [0.2, 0.25) is 0 Å². The van der Waals surface area contributed by atoms with Crippen LogP contribution in [0.2, 0.25) is 0 Å². The Morgan fingerprint density at radius 3 is 3.28 bits per heavy atom. The smallest absolute Gasteiger partial charge is 0.0645 e. The summed E-state index contributed by atoms with van der Waals surface area (Å²) < 4.78 is 5.37. The maximum atomic E-state index is 9.32. The molecule has 2 heterocycles. The third-order valence-corrected chi connectivity index (χ3v) is 3.12. The van der Waals surface area contributed by atoms with E-state index in [0.717, 1.165) is 37.6 Å². The van der Waals surface area contributed by atoms with Crippen LogP contribution in [0.25, 0.3) is 0 Å². The fourth-order valence-electron chi connectivity index (χ4n) is 2.15. The summed E-state index contributed by atoms with van der Waals surface area (Å²) in [6.45, 7) is 6.04. The van der Waals surface area contributed by atoms with Gasteiger partial charge >= 0.3 is 0 Å². The van der Waals surface area contributed by atoms with Crippen molar-refractivity contribution >= 4 is 5.69 Å². The van der Waals surface area contributed by atoms with Crippen LogP contribution in [0, 0.1) is 0 Å². The summed E-state index contributed by atoms with van der Waals surface area (Å²) >= 11 is 0. The Hall–Kier alpha value is -1.17. The number of nitrogens with zero attached hydrogens (tertiary/aromatic N) is 2. The maximum Gasteiger partial charge on any atom is 0.0645 e. The molecule has 1 aliphatic heterocycles. The molecule has 1 aromatic rings. The molecule has 2 N–H and O–H groups in total. The maximum absolute atomic E-state index is 9.32. The van der Waals surface area contributed by atoms with Crippen LogP contribution in [0.5, 0.6) is 0 Å². The van der Waals surface area contributed by atoms with Crippen molar-refractivity contribution in [2.45, 2.75) is 19.5 Å². The zero-order valence-electron chi connectivity index (χ0n) is 10.8. The molecule has 0 saturated carbocycles. The van der Waals surface area contributed by atoms with Crippen LogP contribution in [-0.2, 0) is 11.3 Å².